The summed E-state index contributed by atoms with van der Waals surface area (Å²) in [5.41, 5.74) is 8.78. The third kappa shape index (κ3) is 11.0. The predicted molar refractivity (Wildman–Crippen MR) is 274 cm³/mol. The Hall–Kier alpha value is -7.19. The summed E-state index contributed by atoms with van der Waals surface area (Å²) in [6.07, 6.45) is 7.78. The van der Waals surface area contributed by atoms with Gasteiger partial charge in [0, 0.05) is 98.1 Å². The lowest BCUT2D eigenvalue weighted by atomic mass is 9.86. The molecule has 4 heterocycles. The molecule has 0 aliphatic carbocycles. The average Bonchev–Trinajstić information content (AvgIpc) is 3.60. The zero-order valence-corrected chi connectivity index (χ0v) is 41.0. The molecule has 14 nitrogen and oxygen atoms in total. The minimum absolute atomic E-state index is 0.00149. The summed E-state index contributed by atoms with van der Waals surface area (Å²) in [6, 6.07) is 25.7. The first kappa shape index (κ1) is 49.2. The molecule has 0 saturated carbocycles. The molecular weight excluding hydrogens is 881 g/mol. The summed E-state index contributed by atoms with van der Waals surface area (Å²) in [7, 11) is 1.71. The van der Waals surface area contributed by atoms with E-state index < -0.39 is 11.9 Å². The van der Waals surface area contributed by atoms with Crippen LogP contribution in [-0.4, -0.2) is 99.1 Å². The second-order valence-corrected chi connectivity index (χ2v) is 19.8. The highest BCUT2D eigenvalue weighted by Gasteiger charge is 2.42. The number of benzene rings is 4. The molecule has 14 heteroatoms. The Morgan fingerprint density at radius 1 is 0.800 bits per heavy atom. The second kappa shape index (κ2) is 21.2. The fraction of sp³-hybridized carbons (Fsp3) is 0.375. The van der Waals surface area contributed by atoms with Gasteiger partial charge >= 0.3 is 0 Å². The third-order valence-electron chi connectivity index (χ3n) is 13.8. The summed E-state index contributed by atoms with van der Waals surface area (Å²) in [5.74, 6) is -1.25. The van der Waals surface area contributed by atoms with Gasteiger partial charge in [-0.1, -0.05) is 95.1 Å². The number of piperidine rings is 1. The van der Waals surface area contributed by atoms with Crippen LogP contribution in [0.5, 0.6) is 0 Å². The van der Waals surface area contributed by atoms with Crippen molar-refractivity contribution in [2.24, 2.45) is 7.05 Å². The van der Waals surface area contributed by atoms with Crippen molar-refractivity contribution < 1.29 is 24.0 Å². The van der Waals surface area contributed by atoms with Crippen molar-refractivity contribution in [3.63, 3.8) is 0 Å². The van der Waals surface area contributed by atoms with Crippen LogP contribution >= 0.6 is 0 Å². The second-order valence-electron chi connectivity index (χ2n) is 19.8. The molecule has 3 N–H and O–H groups in total. The Balaban J connectivity index is 0.760. The Morgan fingerprint density at radius 3 is 2.16 bits per heavy atom. The van der Waals surface area contributed by atoms with E-state index in [0.29, 0.717) is 71.1 Å². The first-order valence-corrected chi connectivity index (χ1v) is 24.5. The van der Waals surface area contributed by atoms with Crippen LogP contribution in [0.4, 0.5) is 11.4 Å². The molecule has 3 aliphatic heterocycles. The van der Waals surface area contributed by atoms with Gasteiger partial charge in [-0.15, -0.1) is 0 Å². The smallest absolute Gasteiger partial charge is 0.272 e. The van der Waals surface area contributed by atoms with Gasteiger partial charge in [0.05, 0.1) is 11.3 Å². The van der Waals surface area contributed by atoms with Crippen LogP contribution in [0.2, 0.25) is 0 Å². The summed E-state index contributed by atoms with van der Waals surface area (Å²) in [4.78, 5) is 88.5. The Bertz CT molecular complexity index is 2870. The highest BCUT2D eigenvalue weighted by molar-refractivity contribution is 6.15. The number of hydrogen-bond donors (Lipinski definition) is 3. The molecule has 70 heavy (non-hydrogen) atoms. The normalized spacial score (nSPS) is 16.3. The van der Waals surface area contributed by atoms with E-state index >= 15 is 0 Å². The van der Waals surface area contributed by atoms with Gasteiger partial charge in [0.15, 0.2) is 0 Å². The summed E-state index contributed by atoms with van der Waals surface area (Å²) in [5, 5.41) is 8.84. The topological polar surface area (TPSA) is 166 Å². The van der Waals surface area contributed by atoms with E-state index in [4.69, 9.17) is 4.98 Å². The van der Waals surface area contributed by atoms with E-state index in [1.165, 1.54) is 4.90 Å². The lowest BCUT2D eigenvalue weighted by Crippen LogP contribution is -2.52. The highest BCUT2D eigenvalue weighted by atomic mass is 16.2. The van der Waals surface area contributed by atoms with E-state index in [9.17, 15) is 28.8 Å². The molecule has 364 valence electrons. The van der Waals surface area contributed by atoms with E-state index in [-0.39, 0.29) is 47.4 Å². The molecule has 5 aromatic rings. The molecule has 5 amide bonds. The van der Waals surface area contributed by atoms with Gasteiger partial charge in [0.1, 0.15) is 11.7 Å². The number of rotatable bonds is 16. The minimum atomic E-state index is -0.745. The maximum atomic E-state index is 13.6. The van der Waals surface area contributed by atoms with Crippen LogP contribution < -0.4 is 21.5 Å². The van der Waals surface area contributed by atoms with Gasteiger partial charge in [-0.2, -0.15) is 0 Å². The Kier molecular flexibility index (Phi) is 14.9. The molecule has 1 unspecified atom stereocenters. The Morgan fingerprint density at radius 2 is 1.46 bits per heavy atom. The molecule has 8 rings (SSSR count). The Labute approximate surface area is 410 Å². The van der Waals surface area contributed by atoms with Crippen molar-refractivity contribution in [3.05, 3.63) is 153 Å². The molecule has 2 fully saturated rings. The number of unbranched alkanes of at least 4 members (excludes halogenated alkanes) is 4. The lowest BCUT2D eigenvalue weighted by Gasteiger charge is -2.34. The van der Waals surface area contributed by atoms with E-state index in [0.717, 1.165) is 79.7 Å². The molecule has 1 atom stereocenters. The number of anilines is 2. The summed E-state index contributed by atoms with van der Waals surface area (Å²) < 4.78 is 1.54. The number of fused-ring (bicyclic) bond motifs is 1. The van der Waals surface area contributed by atoms with Gasteiger partial charge in [-0.25, -0.2) is 4.98 Å². The number of imide groups is 1. The minimum Gasteiger partial charge on any atom is -0.384 e. The predicted octanol–water partition coefficient (Wildman–Crippen LogP) is 7.95. The fourth-order valence-electron chi connectivity index (χ4n) is 9.61. The zero-order valence-electron chi connectivity index (χ0n) is 41.0. The SMILES string of the molecule is C=C1c2cccc(NCCCCCCCN3CCN(C(=O)c4ccc(Cc5nc(-c6cccc(NC(=O)c7ccc(C(C)(C)C)cc7)c6C)cn(C)c5=O)cc4)CC3)c2C(=O)N1C1CCC(=O)NC1=O. The largest absolute Gasteiger partial charge is 0.384 e. The quantitative estimate of drug-likeness (QED) is 0.0658. The molecule has 4 aromatic carbocycles. The molecular formula is C56H64N8O6. The summed E-state index contributed by atoms with van der Waals surface area (Å²) in [6.45, 7) is 17.1. The van der Waals surface area contributed by atoms with Gasteiger partial charge in [-0.05, 0) is 91.2 Å². The number of carbonyl (C=O) groups excluding carboxylic acids is 5. The average molecular weight is 945 g/mol. The van der Waals surface area contributed by atoms with Crippen molar-refractivity contribution in [1.29, 1.82) is 0 Å². The van der Waals surface area contributed by atoms with Gasteiger partial charge in [0.2, 0.25) is 11.8 Å². The number of hydrogen-bond acceptors (Lipinski definition) is 9. The lowest BCUT2D eigenvalue weighted by molar-refractivity contribution is -0.136. The van der Waals surface area contributed by atoms with Crippen LogP contribution in [0.3, 0.4) is 0 Å². The molecule has 3 aliphatic rings. The number of piperazine rings is 1. The number of nitrogens with zero attached hydrogens (tertiary/aromatic N) is 5. The van der Waals surface area contributed by atoms with E-state index in [1.54, 1.807) is 17.8 Å². The zero-order chi connectivity index (χ0) is 49.7. The van der Waals surface area contributed by atoms with E-state index in [2.05, 4.69) is 48.2 Å². The van der Waals surface area contributed by atoms with Crippen molar-refractivity contribution in [2.45, 2.75) is 90.5 Å². The van der Waals surface area contributed by atoms with Crippen LogP contribution in [-0.2, 0) is 28.5 Å². The first-order valence-electron chi connectivity index (χ1n) is 24.5. The number of aryl methyl sites for hydroxylation is 1. The molecule has 0 radical (unpaired) electrons. The highest BCUT2D eigenvalue weighted by Crippen LogP contribution is 2.39. The van der Waals surface area contributed by atoms with Crippen molar-refractivity contribution in [2.75, 3.05) is 49.9 Å². The van der Waals surface area contributed by atoms with Crippen LogP contribution in [0.25, 0.3) is 17.0 Å². The standard InChI is InChI=1S/C56H64N8O6/c1-36-42(14-12-16-44(36)59-51(66)39-22-24-41(25-23-39)56(3,4)5)47-35-61(6)54(69)46(58-47)34-38-18-20-40(21-19-38)53(68)63-32-30-62(31-33-63)29-11-9-7-8-10-28-57-45-17-13-15-43-37(2)64(55(70)50(43)45)48-26-27-49(65)60-52(48)67/h12-25,35,48,57H,2,7-11,26-34H2,1,3-6H3,(H,59,66)(H,60,65,67). The molecule has 0 spiro atoms. The molecule has 2 saturated heterocycles. The first-order chi connectivity index (χ1) is 33.6. The molecule has 1 aromatic heterocycles. The van der Waals surface area contributed by atoms with Crippen molar-refractivity contribution in [1.82, 2.24) is 29.6 Å². The third-order valence-corrected chi connectivity index (χ3v) is 13.8. The number of amides is 5. The maximum absolute atomic E-state index is 13.6. The van der Waals surface area contributed by atoms with E-state index in [1.807, 2.05) is 96.8 Å². The van der Waals surface area contributed by atoms with Crippen LogP contribution in [0, 0.1) is 6.92 Å². The van der Waals surface area contributed by atoms with Gasteiger partial charge in [0.25, 0.3) is 23.3 Å². The van der Waals surface area contributed by atoms with Gasteiger partial charge < -0.3 is 20.1 Å². The number of aromatic nitrogens is 2. The van der Waals surface area contributed by atoms with Crippen LogP contribution in [0.1, 0.15) is 125 Å². The monoisotopic (exact) mass is 944 g/mol. The van der Waals surface area contributed by atoms with Crippen molar-refractivity contribution in [3.8, 4) is 11.3 Å². The summed E-state index contributed by atoms with van der Waals surface area (Å²) >= 11 is 0. The van der Waals surface area contributed by atoms with Gasteiger partial charge in [-0.3, -0.25) is 43.9 Å². The van der Waals surface area contributed by atoms with Crippen molar-refractivity contribution >= 4 is 46.6 Å². The maximum Gasteiger partial charge on any atom is 0.272 e. The number of nitrogens with one attached hydrogen (secondary N) is 3. The number of carbonyl (C=O) groups is 5. The van der Waals surface area contributed by atoms with Crippen LogP contribution in [0.15, 0.2) is 102 Å². The fourth-order valence-corrected chi connectivity index (χ4v) is 9.61. The molecule has 0 bridgehead atoms.